The van der Waals surface area contributed by atoms with Gasteiger partial charge in [-0.3, -0.25) is 0 Å². The molecule has 0 saturated carbocycles. The molecule has 40 heavy (non-hydrogen) atoms. The first-order chi connectivity index (χ1) is 19.8. The molecule has 0 nitrogen and oxygen atoms in total. The fraction of sp³-hybridized carbons (Fsp3) is 0. The third-order valence-electron chi connectivity index (χ3n) is 8.39. The average Bonchev–Trinajstić information content (AvgIpc) is 3.02. The summed E-state index contributed by atoms with van der Waals surface area (Å²) in [7, 11) is 0. The molecule has 0 heteroatoms. The number of fused-ring (bicyclic) bond motifs is 6. The van der Waals surface area contributed by atoms with Crippen molar-refractivity contribution in [3.8, 4) is 22.3 Å². The SMILES string of the molecule is C=Cc1cccc2ccc3c(-c4c5ccccc5c(-c5ccc6ccccc6c5)c5ccccc45)cccc3c12. The largest absolute Gasteiger partial charge is 0.0984 e. The fourth-order valence-corrected chi connectivity index (χ4v) is 6.64. The summed E-state index contributed by atoms with van der Waals surface area (Å²) < 4.78 is 0. The van der Waals surface area contributed by atoms with Crippen molar-refractivity contribution in [2.75, 3.05) is 0 Å². The molecule has 8 aromatic carbocycles. The molecule has 0 aliphatic heterocycles. The molecule has 0 aromatic heterocycles. The van der Waals surface area contributed by atoms with Crippen LogP contribution >= 0.6 is 0 Å². The van der Waals surface area contributed by atoms with Crippen LogP contribution in [-0.4, -0.2) is 0 Å². The van der Waals surface area contributed by atoms with Crippen LogP contribution in [0.25, 0.3) is 82.2 Å². The predicted octanol–water partition coefficient (Wildman–Crippen LogP) is 11.4. The van der Waals surface area contributed by atoms with Gasteiger partial charge in [0.05, 0.1) is 0 Å². The normalized spacial score (nSPS) is 11.6. The van der Waals surface area contributed by atoms with E-state index in [2.05, 4.69) is 146 Å². The van der Waals surface area contributed by atoms with Gasteiger partial charge < -0.3 is 0 Å². The topological polar surface area (TPSA) is 0 Å². The van der Waals surface area contributed by atoms with E-state index in [9.17, 15) is 0 Å². The Morgan fingerprint density at radius 3 is 1.70 bits per heavy atom. The quantitative estimate of drug-likeness (QED) is 0.165. The molecule has 0 atom stereocenters. The molecular formula is C40H26. The Labute approximate surface area is 233 Å². The van der Waals surface area contributed by atoms with Crippen molar-refractivity contribution in [1.82, 2.24) is 0 Å². The van der Waals surface area contributed by atoms with E-state index < -0.39 is 0 Å². The maximum atomic E-state index is 4.11. The Balaban J connectivity index is 1.52. The zero-order chi connectivity index (χ0) is 26.6. The molecule has 0 N–H and O–H groups in total. The summed E-state index contributed by atoms with van der Waals surface area (Å²) in [4.78, 5) is 0. The van der Waals surface area contributed by atoms with Gasteiger partial charge >= 0.3 is 0 Å². The molecule has 0 saturated heterocycles. The second kappa shape index (κ2) is 8.93. The summed E-state index contributed by atoms with van der Waals surface area (Å²) in [5.74, 6) is 0. The van der Waals surface area contributed by atoms with Crippen LogP contribution in [0.5, 0.6) is 0 Å². The highest BCUT2D eigenvalue weighted by Crippen LogP contribution is 2.46. The van der Waals surface area contributed by atoms with Crippen molar-refractivity contribution in [1.29, 1.82) is 0 Å². The number of rotatable bonds is 3. The molecule has 0 amide bonds. The van der Waals surface area contributed by atoms with Crippen LogP contribution in [0.3, 0.4) is 0 Å². The second-order valence-electron chi connectivity index (χ2n) is 10.5. The van der Waals surface area contributed by atoms with E-state index in [4.69, 9.17) is 0 Å². The minimum atomic E-state index is 1.17. The van der Waals surface area contributed by atoms with Crippen LogP contribution in [-0.2, 0) is 0 Å². The molecule has 0 aliphatic carbocycles. The summed E-state index contributed by atoms with van der Waals surface area (Å²) >= 11 is 0. The van der Waals surface area contributed by atoms with Gasteiger partial charge in [0.15, 0.2) is 0 Å². The first-order valence-corrected chi connectivity index (χ1v) is 13.8. The van der Waals surface area contributed by atoms with Gasteiger partial charge in [0.1, 0.15) is 0 Å². The lowest BCUT2D eigenvalue weighted by Gasteiger charge is -2.19. The van der Waals surface area contributed by atoms with Gasteiger partial charge in [0, 0.05) is 0 Å². The first kappa shape index (κ1) is 22.8. The summed E-state index contributed by atoms with van der Waals surface area (Å²) in [5, 5.41) is 12.6. The Kier molecular flexibility index (Phi) is 5.08. The lowest BCUT2D eigenvalue weighted by atomic mass is 9.84. The average molecular weight is 507 g/mol. The molecule has 0 heterocycles. The third-order valence-corrected chi connectivity index (χ3v) is 8.39. The lowest BCUT2D eigenvalue weighted by Crippen LogP contribution is -1.92. The number of hydrogen-bond acceptors (Lipinski definition) is 0. The summed E-state index contributed by atoms with van der Waals surface area (Å²) in [6.07, 6.45) is 1.97. The monoisotopic (exact) mass is 506 g/mol. The van der Waals surface area contributed by atoms with Gasteiger partial charge in [0.25, 0.3) is 0 Å². The Morgan fingerprint density at radius 2 is 0.975 bits per heavy atom. The third kappa shape index (κ3) is 3.33. The molecule has 0 bridgehead atoms. The molecule has 0 fully saturated rings. The van der Waals surface area contributed by atoms with E-state index in [1.807, 2.05) is 6.08 Å². The van der Waals surface area contributed by atoms with Crippen LogP contribution in [0.15, 0.2) is 146 Å². The molecule has 0 radical (unpaired) electrons. The zero-order valence-electron chi connectivity index (χ0n) is 22.1. The van der Waals surface area contributed by atoms with Crippen LogP contribution in [0.2, 0.25) is 0 Å². The van der Waals surface area contributed by atoms with E-state index in [0.717, 1.165) is 0 Å². The zero-order valence-corrected chi connectivity index (χ0v) is 22.1. The maximum Gasteiger partial charge on any atom is -0.00201 e. The molecular weight excluding hydrogens is 480 g/mol. The predicted molar refractivity (Wildman–Crippen MR) is 175 cm³/mol. The van der Waals surface area contributed by atoms with Crippen molar-refractivity contribution in [3.63, 3.8) is 0 Å². The molecule has 0 spiro atoms. The van der Waals surface area contributed by atoms with Gasteiger partial charge in [-0.2, -0.15) is 0 Å². The van der Waals surface area contributed by atoms with Gasteiger partial charge in [-0.15, -0.1) is 0 Å². The van der Waals surface area contributed by atoms with Crippen LogP contribution < -0.4 is 0 Å². The van der Waals surface area contributed by atoms with Crippen molar-refractivity contribution >= 4 is 59.9 Å². The summed E-state index contributed by atoms with van der Waals surface area (Å²) in [5.41, 5.74) is 6.26. The van der Waals surface area contributed by atoms with Gasteiger partial charge in [-0.25, -0.2) is 0 Å². The fourth-order valence-electron chi connectivity index (χ4n) is 6.64. The first-order valence-electron chi connectivity index (χ1n) is 13.8. The molecule has 0 aliphatic rings. The van der Waals surface area contributed by atoms with Crippen LogP contribution in [0.4, 0.5) is 0 Å². The van der Waals surface area contributed by atoms with Crippen molar-refractivity contribution in [2.24, 2.45) is 0 Å². The molecule has 186 valence electrons. The van der Waals surface area contributed by atoms with Crippen molar-refractivity contribution in [2.45, 2.75) is 0 Å². The Morgan fingerprint density at radius 1 is 0.400 bits per heavy atom. The van der Waals surface area contributed by atoms with Gasteiger partial charge in [-0.1, -0.05) is 146 Å². The smallest absolute Gasteiger partial charge is 0.00201 e. The second-order valence-corrected chi connectivity index (χ2v) is 10.5. The van der Waals surface area contributed by atoms with E-state index in [1.54, 1.807) is 0 Å². The molecule has 8 aromatic rings. The van der Waals surface area contributed by atoms with E-state index in [0.29, 0.717) is 0 Å². The number of hydrogen-bond donors (Lipinski definition) is 0. The maximum absolute atomic E-state index is 4.11. The lowest BCUT2D eigenvalue weighted by molar-refractivity contribution is 1.68. The van der Waals surface area contributed by atoms with E-state index in [-0.39, 0.29) is 0 Å². The summed E-state index contributed by atoms with van der Waals surface area (Å²) in [6, 6.07) is 51.0. The number of benzene rings is 8. The Hall–Kier alpha value is -5.20. The highest BCUT2D eigenvalue weighted by atomic mass is 14.2. The van der Waals surface area contributed by atoms with Crippen LogP contribution in [0.1, 0.15) is 5.56 Å². The van der Waals surface area contributed by atoms with Gasteiger partial charge in [-0.05, 0) is 87.7 Å². The van der Waals surface area contributed by atoms with Crippen molar-refractivity contribution in [3.05, 3.63) is 152 Å². The minimum absolute atomic E-state index is 1.17. The van der Waals surface area contributed by atoms with Crippen molar-refractivity contribution < 1.29 is 0 Å². The van der Waals surface area contributed by atoms with Crippen LogP contribution in [0, 0.1) is 0 Å². The Bertz CT molecular complexity index is 2230. The van der Waals surface area contributed by atoms with Gasteiger partial charge in [0.2, 0.25) is 0 Å². The highest BCUT2D eigenvalue weighted by molar-refractivity contribution is 6.25. The summed E-state index contributed by atoms with van der Waals surface area (Å²) in [6.45, 7) is 4.11. The minimum Gasteiger partial charge on any atom is -0.0984 e. The standard InChI is InChI=1S/C40H26/c1-2-26-13-9-14-28-23-24-31-32(38(26)28)19-10-20-33(31)40-36-17-7-5-15-34(36)39(35-16-6-8-18-37(35)40)30-22-21-27-11-3-4-12-29(27)25-30/h2-25H,1H2. The van der Waals surface area contributed by atoms with E-state index in [1.165, 1.54) is 81.7 Å². The highest BCUT2D eigenvalue weighted by Gasteiger charge is 2.18. The molecule has 0 unspecified atom stereocenters. The molecule has 8 rings (SSSR count). The van der Waals surface area contributed by atoms with E-state index >= 15 is 0 Å².